The quantitative estimate of drug-likeness (QED) is 0.609. The number of rotatable bonds is 6. The first-order valence-electron chi connectivity index (χ1n) is 5.48. The van der Waals surface area contributed by atoms with Gasteiger partial charge < -0.3 is 10.6 Å². The second-order valence-electron chi connectivity index (χ2n) is 3.90. The normalized spacial score (nSPS) is 13.7. The van der Waals surface area contributed by atoms with Crippen molar-refractivity contribution in [1.82, 2.24) is 0 Å². The molecule has 7 heteroatoms. The Balaban J connectivity index is 2.95. The van der Waals surface area contributed by atoms with Gasteiger partial charge in [-0.15, -0.1) is 0 Å². The summed E-state index contributed by atoms with van der Waals surface area (Å²) in [5, 5.41) is 16.7. The Labute approximate surface area is 108 Å². The van der Waals surface area contributed by atoms with E-state index in [0.717, 1.165) is 0 Å². The molecule has 0 spiro atoms. The summed E-state index contributed by atoms with van der Waals surface area (Å²) in [6.45, 7) is 2.26. The molecule has 1 rings (SSSR count). The number of anilines is 2. The lowest BCUT2D eigenvalue weighted by molar-refractivity contribution is -0.383. The van der Waals surface area contributed by atoms with Gasteiger partial charge in [0.1, 0.15) is 11.4 Å². The van der Waals surface area contributed by atoms with Crippen LogP contribution in [0.3, 0.4) is 0 Å². The number of nitrogens with one attached hydrogen (secondary N) is 2. The van der Waals surface area contributed by atoms with Crippen molar-refractivity contribution in [2.75, 3.05) is 30.5 Å². The number of nitro groups is 1. The maximum atomic E-state index is 11.2. The molecule has 0 aliphatic carbocycles. The van der Waals surface area contributed by atoms with E-state index in [0.29, 0.717) is 17.9 Å². The second-order valence-corrected chi connectivity index (χ2v) is 5.70. The van der Waals surface area contributed by atoms with Crippen molar-refractivity contribution >= 4 is 27.9 Å². The third-order valence-corrected chi connectivity index (χ3v) is 3.93. The highest BCUT2D eigenvalue weighted by atomic mass is 32.2. The highest BCUT2D eigenvalue weighted by Gasteiger charge is 2.19. The summed E-state index contributed by atoms with van der Waals surface area (Å²) in [7, 11) is 0.678. The summed E-state index contributed by atoms with van der Waals surface area (Å²) < 4.78 is 11.2. The highest BCUT2D eigenvalue weighted by molar-refractivity contribution is 7.84. The Hall–Kier alpha value is -1.63. The van der Waals surface area contributed by atoms with Crippen LogP contribution in [0.15, 0.2) is 18.2 Å². The molecule has 2 unspecified atom stereocenters. The molecule has 0 saturated heterocycles. The number of nitrogens with zero attached hydrogens (tertiary/aromatic N) is 1. The van der Waals surface area contributed by atoms with Crippen LogP contribution in [0.25, 0.3) is 0 Å². The molecular formula is C11H17N3O3S. The van der Waals surface area contributed by atoms with E-state index in [4.69, 9.17) is 0 Å². The molecule has 2 atom stereocenters. The van der Waals surface area contributed by atoms with Gasteiger partial charge in [0.25, 0.3) is 0 Å². The lowest BCUT2D eigenvalue weighted by Crippen LogP contribution is -2.21. The molecule has 18 heavy (non-hydrogen) atoms. The average molecular weight is 271 g/mol. The summed E-state index contributed by atoms with van der Waals surface area (Å²) in [5.41, 5.74) is 0.897. The molecule has 0 fully saturated rings. The monoisotopic (exact) mass is 271 g/mol. The van der Waals surface area contributed by atoms with Crippen LogP contribution in [-0.2, 0) is 10.8 Å². The van der Waals surface area contributed by atoms with Crippen LogP contribution in [0, 0.1) is 10.1 Å². The third kappa shape index (κ3) is 3.43. The number of nitro benzene ring substituents is 1. The fraction of sp³-hybridized carbons (Fsp3) is 0.455. The van der Waals surface area contributed by atoms with Gasteiger partial charge >= 0.3 is 5.69 Å². The van der Waals surface area contributed by atoms with Crippen molar-refractivity contribution in [3.05, 3.63) is 28.3 Å². The van der Waals surface area contributed by atoms with E-state index < -0.39 is 15.7 Å². The molecule has 6 nitrogen and oxygen atoms in total. The first-order chi connectivity index (χ1) is 8.47. The van der Waals surface area contributed by atoms with Crippen molar-refractivity contribution in [2.24, 2.45) is 0 Å². The molecule has 0 radical (unpaired) electrons. The lowest BCUT2D eigenvalue weighted by atomic mass is 10.2. The number of para-hydroxylation sites is 1. The average Bonchev–Trinajstić information content (AvgIpc) is 2.34. The van der Waals surface area contributed by atoms with Crippen LogP contribution >= 0.6 is 0 Å². The van der Waals surface area contributed by atoms with Crippen LogP contribution < -0.4 is 10.6 Å². The van der Waals surface area contributed by atoms with Gasteiger partial charge in [0.15, 0.2) is 0 Å². The SMILES string of the molecule is CNc1cccc(NCC(C)S(C)=O)c1[N+](=O)[O-]. The zero-order valence-corrected chi connectivity index (χ0v) is 11.4. The Morgan fingerprint density at radius 3 is 2.56 bits per heavy atom. The van der Waals surface area contributed by atoms with Crippen molar-refractivity contribution in [3.63, 3.8) is 0 Å². The summed E-state index contributed by atoms with van der Waals surface area (Å²) >= 11 is 0. The van der Waals surface area contributed by atoms with Gasteiger partial charge in [-0.3, -0.25) is 14.3 Å². The van der Waals surface area contributed by atoms with E-state index in [1.54, 1.807) is 31.5 Å². The van der Waals surface area contributed by atoms with Crippen molar-refractivity contribution < 1.29 is 9.13 Å². The van der Waals surface area contributed by atoms with Gasteiger partial charge in [0, 0.05) is 35.9 Å². The summed E-state index contributed by atoms with van der Waals surface area (Å²) in [4.78, 5) is 10.6. The molecule has 1 aromatic rings. The lowest BCUT2D eigenvalue weighted by Gasteiger charge is -2.12. The van der Waals surface area contributed by atoms with E-state index in [2.05, 4.69) is 10.6 Å². The topological polar surface area (TPSA) is 84.3 Å². The van der Waals surface area contributed by atoms with Gasteiger partial charge in [0.05, 0.1) is 4.92 Å². The maximum Gasteiger partial charge on any atom is 0.315 e. The third-order valence-electron chi connectivity index (χ3n) is 2.63. The van der Waals surface area contributed by atoms with Crippen molar-refractivity contribution in [1.29, 1.82) is 0 Å². The molecule has 0 amide bonds. The smallest absolute Gasteiger partial charge is 0.315 e. The van der Waals surface area contributed by atoms with Gasteiger partial charge in [-0.2, -0.15) is 0 Å². The number of hydrogen-bond donors (Lipinski definition) is 2. The predicted octanol–water partition coefficient (Wildman–Crippen LogP) is 1.82. The van der Waals surface area contributed by atoms with Crippen LogP contribution in [0.4, 0.5) is 17.1 Å². The van der Waals surface area contributed by atoms with Gasteiger partial charge in [-0.1, -0.05) is 6.07 Å². The molecule has 0 aliphatic rings. The minimum Gasteiger partial charge on any atom is -0.382 e. The van der Waals surface area contributed by atoms with E-state index in [-0.39, 0.29) is 10.9 Å². The fourth-order valence-electron chi connectivity index (χ4n) is 1.46. The Kier molecular flexibility index (Phi) is 5.08. The van der Waals surface area contributed by atoms with E-state index in [9.17, 15) is 14.3 Å². The summed E-state index contributed by atoms with van der Waals surface area (Å²) in [6.07, 6.45) is 1.62. The molecule has 0 heterocycles. The molecule has 0 bridgehead atoms. The van der Waals surface area contributed by atoms with Gasteiger partial charge in [-0.05, 0) is 19.1 Å². The van der Waals surface area contributed by atoms with Crippen LogP contribution in [0.5, 0.6) is 0 Å². The van der Waals surface area contributed by atoms with Crippen molar-refractivity contribution in [2.45, 2.75) is 12.2 Å². The molecule has 2 N–H and O–H groups in total. The summed E-state index contributed by atoms with van der Waals surface area (Å²) in [6, 6.07) is 5.02. The second kappa shape index (κ2) is 6.34. The Morgan fingerprint density at radius 1 is 1.44 bits per heavy atom. The predicted molar refractivity (Wildman–Crippen MR) is 74.7 cm³/mol. The fourth-order valence-corrected chi connectivity index (χ4v) is 1.77. The van der Waals surface area contributed by atoms with E-state index >= 15 is 0 Å². The highest BCUT2D eigenvalue weighted by Crippen LogP contribution is 2.32. The minimum absolute atomic E-state index is 0.00841. The minimum atomic E-state index is -0.956. The standard InChI is InChI=1S/C11H17N3O3S/c1-8(18(3)17)7-13-10-6-4-5-9(12-2)11(10)14(15)16/h4-6,8,12-13H,7H2,1-3H3. The molecule has 0 saturated carbocycles. The Morgan fingerprint density at radius 2 is 2.06 bits per heavy atom. The molecular weight excluding hydrogens is 254 g/mol. The van der Waals surface area contributed by atoms with E-state index in [1.807, 2.05) is 6.92 Å². The van der Waals surface area contributed by atoms with Gasteiger partial charge in [0.2, 0.25) is 0 Å². The first kappa shape index (κ1) is 14.4. The van der Waals surface area contributed by atoms with Crippen LogP contribution in [-0.4, -0.2) is 34.2 Å². The maximum absolute atomic E-state index is 11.2. The van der Waals surface area contributed by atoms with Crippen molar-refractivity contribution in [3.8, 4) is 0 Å². The summed E-state index contributed by atoms with van der Waals surface area (Å²) in [5.74, 6) is 0. The zero-order chi connectivity index (χ0) is 13.7. The largest absolute Gasteiger partial charge is 0.382 e. The molecule has 100 valence electrons. The zero-order valence-electron chi connectivity index (χ0n) is 10.6. The Bertz CT molecular complexity index is 465. The van der Waals surface area contributed by atoms with E-state index in [1.165, 1.54) is 0 Å². The number of benzene rings is 1. The molecule has 1 aromatic carbocycles. The van der Waals surface area contributed by atoms with Crippen LogP contribution in [0.1, 0.15) is 6.92 Å². The first-order valence-corrected chi connectivity index (χ1v) is 7.10. The van der Waals surface area contributed by atoms with Gasteiger partial charge in [-0.25, -0.2) is 0 Å². The number of hydrogen-bond acceptors (Lipinski definition) is 5. The van der Waals surface area contributed by atoms with Crippen LogP contribution in [0.2, 0.25) is 0 Å². The molecule has 0 aromatic heterocycles. The molecule has 0 aliphatic heterocycles.